The average Bonchev–Trinajstić information content (AvgIpc) is 3.28. The molecule has 0 saturated carbocycles. The summed E-state index contributed by atoms with van der Waals surface area (Å²) in [6.07, 6.45) is 30.4. The molecular formula is C30H60O3. The molecule has 0 aromatic rings. The van der Waals surface area contributed by atoms with Crippen LogP contribution in [0.2, 0.25) is 0 Å². The Morgan fingerprint density at radius 1 is 0.455 bits per heavy atom. The zero-order chi connectivity index (χ0) is 23.7. The zero-order valence-corrected chi connectivity index (χ0v) is 22.8. The molecule has 33 heavy (non-hydrogen) atoms. The van der Waals surface area contributed by atoms with Crippen molar-refractivity contribution in [1.82, 2.24) is 0 Å². The van der Waals surface area contributed by atoms with Crippen LogP contribution in [-0.2, 0) is 14.2 Å². The molecule has 2 atom stereocenters. The summed E-state index contributed by atoms with van der Waals surface area (Å²) < 4.78 is 17.9. The lowest BCUT2D eigenvalue weighted by molar-refractivity contribution is -0.0460. The van der Waals surface area contributed by atoms with Crippen LogP contribution in [0.4, 0.5) is 0 Å². The third-order valence-electron chi connectivity index (χ3n) is 7.09. The van der Waals surface area contributed by atoms with Gasteiger partial charge in [0.25, 0.3) is 0 Å². The topological polar surface area (TPSA) is 27.7 Å². The first kappa shape index (κ1) is 30.9. The van der Waals surface area contributed by atoms with Crippen molar-refractivity contribution in [3.05, 3.63) is 0 Å². The molecule has 0 aromatic heterocycles. The Bertz CT molecular complexity index is 340. The molecule has 0 unspecified atom stereocenters. The standard InChI is InChI=1S/C30H60O3/c1-3-5-7-9-11-13-15-17-19-21-25-31-27-29-23-24-30(33-29)28-32-26-22-20-18-16-14-12-10-8-6-4-2/h29-30H,3-28H2,1-2H3/t29-,30+. The van der Waals surface area contributed by atoms with Crippen molar-refractivity contribution in [2.45, 2.75) is 167 Å². The zero-order valence-electron chi connectivity index (χ0n) is 22.8. The number of ether oxygens (including phenoxy) is 3. The molecule has 1 fully saturated rings. The first-order chi connectivity index (χ1) is 16.4. The average molecular weight is 469 g/mol. The summed E-state index contributed by atoms with van der Waals surface area (Å²) >= 11 is 0. The summed E-state index contributed by atoms with van der Waals surface area (Å²) in [7, 11) is 0. The molecule has 3 heteroatoms. The maximum Gasteiger partial charge on any atom is 0.0814 e. The van der Waals surface area contributed by atoms with Gasteiger partial charge in [0.05, 0.1) is 25.4 Å². The molecule has 1 saturated heterocycles. The molecule has 0 aromatic carbocycles. The van der Waals surface area contributed by atoms with Crippen LogP contribution >= 0.6 is 0 Å². The first-order valence-corrected chi connectivity index (χ1v) is 15.2. The van der Waals surface area contributed by atoms with Crippen LogP contribution in [0.1, 0.15) is 155 Å². The minimum absolute atomic E-state index is 0.291. The van der Waals surface area contributed by atoms with Gasteiger partial charge in [0.1, 0.15) is 0 Å². The molecule has 0 aliphatic carbocycles. The molecule has 0 spiro atoms. The Kier molecular flexibility index (Phi) is 23.4. The van der Waals surface area contributed by atoms with Gasteiger partial charge in [-0.25, -0.2) is 0 Å². The van der Waals surface area contributed by atoms with Crippen molar-refractivity contribution < 1.29 is 14.2 Å². The summed E-state index contributed by atoms with van der Waals surface area (Å²) in [6, 6.07) is 0. The van der Waals surface area contributed by atoms with Gasteiger partial charge >= 0.3 is 0 Å². The van der Waals surface area contributed by atoms with Crippen molar-refractivity contribution in [1.29, 1.82) is 0 Å². The molecule has 0 bridgehead atoms. The lowest BCUT2D eigenvalue weighted by Crippen LogP contribution is -2.20. The van der Waals surface area contributed by atoms with E-state index in [1.54, 1.807) is 0 Å². The molecule has 1 aliphatic heterocycles. The van der Waals surface area contributed by atoms with Gasteiger partial charge in [0.2, 0.25) is 0 Å². The number of hydrogen-bond donors (Lipinski definition) is 0. The van der Waals surface area contributed by atoms with Crippen LogP contribution < -0.4 is 0 Å². The quantitative estimate of drug-likeness (QED) is 0.118. The van der Waals surface area contributed by atoms with E-state index in [9.17, 15) is 0 Å². The van der Waals surface area contributed by atoms with Crippen LogP contribution in [0, 0.1) is 0 Å². The number of rotatable bonds is 26. The summed E-state index contributed by atoms with van der Waals surface area (Å²) in [5.41, 5.74) is 0. The largest absolute Gasteiger partial charge is 0.379 e. The van der Waals surface area contributed by atoms with Crippen LogP contribution in [-0.4, -0.2) is 38.6 Å². The predicted molar refractivity (Wildman–Crippen MR) is 143 cm³/mol. The van der Waals surface area contributed by atoms with Gasteiger partial charge in [-0.05, 0) is 25.7 Å². The Morgan fingerprint density at radius 2 is 0.758 bits per heavy atom. The molecule has 1 rings (SSSR count). The number of hydrogen-bond acceptors (Lipinski definition) is 3. The summed E-state index contributed by atoms with van der Waals surface area (Å²) in [4.78, 5) is 0. The molecule has 0 amide bonds. The highest BCUT2D eigenvalue weighted by molar-refractivity contribution is 4.73. The van der Waals surface area contributed by atoms with Gasteiger partial charge in [-0.2, -0.15) is 0 Å². The van der Waals surface area contributed by atoms with Crippen molar-refractivity contribution in [2.75, 3.05) is 26.4 Å². The monoisotopic (exact) mass is 468 g/mol. The summed E-state index contributed by atoms with van der Waals surface area (Å²) in [5, 5.41) is 0. The van der Waals surface area contributed by atoms with Crippen LogP contribution in [0.25, 0.3) is 0 Å². The fourth-order valence-electron chi connectivity index (χ4n) is 4.84. The second-order valence-electron chi connectivity index (χ2n) is 10.5. The second-order valence-corrected chi connectivity index (χ2v) is 10.5. The SMILES string of the molecule is CCCCCCCCCCCCOC[C@H]1CC[C@@H](COCCCCCCCCCCCC)O1. The van der Waals surface area contributed by atoms with E-state index in [-0.39, 0.29) is 0 Å². The van der Waals surface area contributed by atoms with Gasteiger partial charge in [0.15, 0.2) is 0 Å². The summed E-state index contributed by atoms with van der Waals surface area (Å²) in [6.45, 7) is 7.91. The van der Waals surface area contributed by atoms with Crippen LogP contribution in [0.15, 0.2) is 0 Å². The van der Waals surface area contributed by atoms with Crippen molar-refractivity contribution in [2.24, 2.45) is 0 Å². The number of unbranched alkanes of at least 4 members (excludes halogenated alkanes) is 18. The highest BCUT2D eigenvalue weighted by Gasteiger charge is 2.25. The van der Waals surface area contributed by atoms with E-state index in [4.69, 9.17) is 14.2 Å². The lowest BCUT2D eigenvalue weighted by Gasteiger charge is -2.14. The highest BCUT2D eigenvalue weighted by Crippen LogP contribution is 2.20. The maximum atomic E-state index is 6.11. The second kappa shape index (κ2) is 25.0. The van der Waals surface area contributed by atoms with Gasteiger partial charge in [-0.3, -0.25) is 0 Å². The highest BCUT2D eigenvalue weighted by atomic mass is 16.6. The van der Waals surface area contributed by atoms with Crippen LogP contribution in [0.3, 0.4) is 0 Å². The van der Waals surface area contributed by atoms with E-state index in [1.165, 1.54) is 128 Å². The van der Waals surface area contributed by atoms with E-state index in [1.807, 2.05) is 0 Å². The van der Waals surface area contributed by atoms with Crippen molar-refractivity contribution in [3.8, 4) is 0 Å². The lowest BCUT2D eigenvalue weighted by atomic mass is 10.1. The third kappa shape index (κ3) is 20.9. The minimum atomic E-state index is 0.291. The predicted octanol–water partition coefficient (Wildman–Crippen LogP) is 9.41. The summed E-state index contributed by atoms with van der Waals surface area (Å²) in [5.74, 6) is 0. The minimum Gasteiger partial charge on any atom is -0.379 e. The molecule has 0 radical (unpaired) electrons. The first-order valence-electron chi connectivity index (χ1n) is 15.2. The van der Waals surface area contributed by atoms with Gasteiger partial charge in [-0.1, -0.05) is 129 Å². The van der Waals surface area contributed by atoms with Gasteiger partial charge in [-0.15, -0.1) is 0 Å². The van der Waals surface area contributed by atoms with Gasteiger partial charge in [0, 0.05) is 13.2 Å². The van der Waals surface area contributed by atoms with Gasteiger partial charge < -0.3 is 14.2 Å². The van der Waals surface area contributed by atoms with E-state index >= 15 is 0 Å². The molecule has 3 nitrogen and oxygen atoms in total. The van der Waals surface area contributed by atoms with Crippen molar-refractivity contribution >= 4 is 0 Å². The van der Waals surface area contributed by atoms with E-state index in [0.29, 0.717) is 12.2 Å². The van der Waals surface area contributed by atoms with E-state index < -0.39 is 0 Å². The van der Waals surface area contributed by atoms with Crippen molar-refractivity contribution in [3.63, 3.8) is 0 Å². The maximum absolute atomic E-state index is 6.11. The Morgan fingerprint density at radius 3 is 1.09 bits per heavy atom. The smallest absolute Gasteiger partial charge is 0.0814 e. The Balaban J connectivity index is 1.76. The fraction of sp³-hybridized carbons (Fsp3) is 1.00. The molecule has 1 heterocycles. The molecule has 1 aliphatic rings. The Hall–Kier alpha value is -0.120. The van der Waals surface area contributed by atoms with E-state index in [0.717, 1.165) is 39.3 Å². The molecule has 0 N–H and O–H groups in total. The third-order valence-corrected chi connectivity index (χ3v) is 7.09. The van der Waals surface area contributed by atoms with Crippen LogP contribution in [0.5, 0.6) is 0 Å². The Labute approximate surface area is 208 Å². The molecular weight excluding hydrogens is 408 g/mol. The molecule has 198 valence electrons. The normalized spacial score (nSPS) is 18.4. The fourth-order valence-corrected chi connectivity index (χ4v) is 4.84. The van der Waals surface area contributed by atoms with E-state index in [2.05, 4.69) is 13.8 Å².